The van der Waals surface area contributed by atoms with Crippen LogP contribution in [0.25, 0.3) is 22.2 Å². The summed E-state index contributed by atoms with van der Waals surface area (Å²) in [5.41, 5.74) is 10.4. The van der Waals surface area contributed by atoms with Gasteiger partial charge in [0.1, 0.15) is 18.4 Å². The number of carbonyl (C=O) groups excluding carboxylic acids is 1. The predicted octanol–water partition coefficient (Wildman–Crippen LogP) is 2.38. The van der Waals surface area contributed by atoms with Gasteiger partial charge in [-0.05, 0) is 29.7 Å². The molecule has 0 unspecified atom stereocenters. The molecule has 4 rings (SSSR count). The summed E-state index contributed by atoms with van der Waals surface area (Å²) in [6.45, 7) is 2.32. The normalized spacial score (nSPS) is 13.6. The Hall–Kier alpha value is -2.89. The number of nitrogen functional groups attached to an aromatic ring is 1. The Bertz CT molecular complexity index is 900. The van der Waals surface area contributed by atoms with Crippen molar-refractivity contribution in [1.29, 1.82) is 0 Å². The molecule has 1 aliphatic rings. The molecule has 22 heavy (non-hydrogen) atoms. The topological polar surface area (TPSA) is 85.2 Å². The molecule has 6 nitrogen and oxygen atoms in total. The zero-order valence-corrected chi connectivity index (χ0v) is 12.0. The number of hydrogen-bond acceptors (Lipinski definition) is 5. The van der Waals surface area contributed by atoms with Crippen molar-refractivity contribution >= 4 is 28.5 Å². The lowest BCUT2D eigenvalue weighted by Gasteiger charge is -2.14. The van der Waals surface area contributed by atoms with Gasteiger partial charge in [-0.15, -0.1) is 0 Å². The summed E-state index contributed by atoms with van der Waals surface area (Å²) in [7, 11) is 0. The molecule has 0 bridgehead atoms. The van der Waals surface area contributed by atoms with Gasteiger partial charge in [-0.2, -0.15) is 0 Å². The van der Waals surface area contributed by atoms with Gasteiger partial charge in [0.25, 0.3) is 0 Å². The smallest absolute Gasteiger partial charge is 0.231 e. The fraction of sp³-hybridized carbons (Fsp3) is 0.188. The van der Waals surface area contributed by atoms with Crippen molar-refractivity contribution in [3.05, 3.63) is 36.4 Å². The number of fused-ring (bicyclic) bond motifs is 2. The van der Waals surface area contributed by atoms with Crippen LogP contribution in [-0.2, 0) is 11.2 Å². The van der Waals surface area contributed by atoms with Crippen molar-refractivity contribution in [3.8, 4) is 11.1 Å². The highest BCUT2D eigenvalue weighted by Crippen LogP contribution is 2.36. The van der Waals surface area contributed by atoms with Crippen LogP contribution in [-0.4, -0.2) is 22.4 Å². The first kappa shape index (κ1) is 12.8. The summed E-state index contributed by atoms with van der Waals surface area (Å²) >= 11 is 0. The Morgan fingerprint density at radius 1 is 1.36 bits per heavy atom. The highest BCUT2D eigenvalue weighted by atomic mass is 16.3. The lowest BCUT2D eigenvalue weighted by molar-refractivity contribution is -0.116. The Labute approximate surface area is 126 Å². The summed E-state index contributed by atoms with van der Waals surface area (Å²) in [5, 5.41) is 0.726. The monoisotopic (exact) mass is 294 g/mol. The van der Waals surface area contributed by atoms with E-state index in [0.717, 1.165) is 40.7 Å². The first-order valence-corrected chi connectivity index (χ1v) is 7.04. The molecule has 1 amide bonds. The number of benzene rings is 1. The second kappa shape index (κ2) is 4.56. The van der Waals surface area contributed by atoms with E-state index in [2.05, 4.69) is 16.0 Å². The zero-order valence-electron chi connectivity index (χ0n) is 12.0. The molecule has 0 aliphatic carbocycles. The minimum atomic E-state index is 0.0675. The van der Waals surface area contributed by atoms with E-state index in [0.29, 0.717) is 11.5 Å². The maximum Gasteiger partial charge on any atom is 0.231 e. The largest absolute Gasteiger partial charge is 0.445 e. The van der Waals surface area contributed by atoms with Gasteiger partial charge < -0.3 is 15.1 Å². The molecule has 0 fully saturated rings. The van der Waals surface area contributed by atoms with Crippen LogP contribution in [0.15, 0.2) is 35.2 Å². The van der Waals surface area contributed by atoms with E-state index in [9.17, 15) is 4.79 Å². The first-order valence-electron chi connectivity index (χ1n) is 7.04. The van der Waals surface area contributed by atoms with E-state index in [1.807, 2.05) is 12.1 Å². The molecule has 1 aromatic carbocycles. The molecule has 3 heterocycles. The molecule has 3 aromatic rings. The minimum absolute atomic E-state index is 0.0675. The van der Waals surface area contributed by atoms with Gasteiger partial charge >= 0.3 is 0 Å². The number of carbonyl (C=O) groups is 1. The van der Waals surface area contributed by atoms with Gasteiger partial charge in [0, 0.05) is 24.7 Å². The van der Waals surface area contributed by atoms with Crippen molar-refractivity contribution in [3.63, 3.8) is 0 Å². The summed E-state index contributed by atoms with van der Waals surface area (Å²) in [4.78, 5) is 21.5. The second-order valence-corrected chi connectivity index (χ2v) is 5.35. The van der Waals surface area contributed by atoms with E-state index < -0.39 is 0 Å². The molecule has 1 aliphatic heterocycles. The molecule has 110 valence electrons. The Kier molecular flexibility index (Phi) is 2.66. The highest BCUT2D eigenvalue weighted by molar-refractivity contribution is 6.00. The quantitative estimate of drug-likeness (QED) is 0.744. The van der Waals surface area contributed by atoms with Crippen LogP contribution in [0.5, 0.6) is 0 Å². The standard InChI is InChI=1S/C16H14N4O2/c1-9(21)20-5-4-11-6-10(2-3-13(11)20)12-7-22-16-14(12)15(17)18-8-19-16/h2-3,6-8H,4-5H2,1H3,(H2,17,18,19). The van der Waals surface area contributed by atoms with Crippen LogP contribution >= 0.6 is 0 Å². The van der Waals surface area contributed by atoms with Gasteiger partial charge in [0.2, 0.25) is 11.6 Å². The molecule has 0 radical (unpaired) electrons. The summed E-state index contributed by atoms with van der Waals surface area (Å²) < 4.78 is 5.47. The van der Waals surface area contributed by atoms with Gasteiger partial charge in [-0.25, -0.2) is 9.97 Å². The number of nitrogens with zero attached hydrogens (tertiary/aromatic N) is 3. The number of hydrogen-bond donors (Lipinski definition) is 1. The van der Waals surface area contributed by atoms with Gasteiger partial charge in [-0.3, -0.25) is 4.79 Å². The SMILES string of the molecule is CC(=O)N1CCc2cc(-c3coc4ncnc(N)c34)ccc21. The molecule has 2 N–H and O–H groups in total. The van der Waals surface area contributed by atoms with Crippen molar-refractivity contribution < 1.29 is 9.21 Å². The van der Waals surface area contributed by atoms with Crippen molar-refractivity contribution in [2.45, 2.75) is 13.3 Å². The Balaban J connectivity index is 1.86. The van der Waals surface area contributed by atoms with Crippen LogP contribution in [0.2, 0.25) is 0 Å². The molecular weight excluding hydrogens is 280 g/mol. The second-order valence-electron chi connectivity index (χ2n) is 5.35. The fourth-order valence-electron chi connectivity index (χ4n) is 3.01. The lowest BCUT2D eigenvalue weighted by Crippen LogP contribution is -2.25. The van der Waals surface area contributed by atoms with Gasteiger partial charge in [-0.1, -0.05) is 6.07 Å². The molecule has 0 saturated heterocycles. The third kappa shape index (κ3) is 1.77. The first-order chi connectivity index (χ1) is 10.6. The third-order valence-electron chi connectivity index (χ3n) is 4.07. The van der Waals surface area contributed by atoms with Gasteiger partial charge in [0.05, 0.1) is 5.39 Å². The Morgan fingerprint density at radius 3 is 3.05 bits per heavy atom. The summed E-state index contributed by atoms with van der Waals surface area (Å²) in [6.07, 6.45) is 3.89. The number of aromatic nitrogens is 2. The fourth-order valence-corrected chi connectivity index (χ4v) is 3.01. The number of amides is 1. The minimum Gasteiger partial charge on any atom is -0.445 e. The van der Waals surface area contributed by atoms with E-state index in [1.165, 1.54) is 6.33 Å². The third-order valence-corrected chi connectivity index (χ3v) is 4.07. The molecule has 0 saturated carbocycles. The van der Waals surface area contributed by atoms with Crippen LogP contribution in [0.4, 0.5) is 11.5 Å². The number of nitrogens with two attached hydrogens (primary N) is 1. The predicted molar refractivity (Wildman–Crippen MR) is 83.4 cm³/mol. The van der Waals surface area contributed by atoms with Crippen LogP contribution in [0, 0.1) is 0 Å². The zero-order chi connectivity index (χ0) is 15.3. The van der Waals surface area contributed by atoms with Crippen LogP contribution in [0.3, 0.4) is 0 Å². The molecule has 0 spiro atoms. The highest BCUT2D eigenvalue weighted by Gasteiger charge is 2.23. The lowest BCUT2D eigenvalue weighted by atomic mass is 10.0. The van der Waals surface area contributed by atoms with E-state index in [1.54, 1.807) is 18.1 Å². The Morgan fingerprint density at radius 2 is 2.23 bits per heavy atom. The average Bonchev–Trinajstić information content (AvgIpc) is 3.11. The van der Waals surface area contributed by atoms with E-state index in [-0.39, 0.29) is 5.91 Å². The molecule has 6 heteroatoms. The number of rotatable bonds is 1. The van der Waals surface area contributed by atoms with Crippen molar-refractivity contribution in [1.82, 2.24) is 9.97 Å². The van der Waals surface area contributed by atoms with Crippen molar-refractivity contribution in [2.75, 3.05) is 17.2 Å². The summed E-state index contributed by atoms with van der Waals surface area (Å²) in [5.74, 6) is 0.470. The maximum atomic E-state index is 11.6. The number of furan rings is 1. The molecular formula is C16H14N4O2. The van der Waals surface area contributed by atoms with E-state index >= 15 is 0 Å². The average molecular weight is 294 g/mol. The number of anilines is 2. The molecule has 2 aromatic heterocycles. The van der Waals surface area contributed by atoms with Crippen molar-refractivity contribution in [2.24, 2.45) is 0 Å². The molecule has 0 atom stereocenters. The van der Waals surface area contributed by atoms with Crippen LogP contribution in [0.1, 0.15) is 12.5 Å². The van der Waals surface area contributed by atoms with Gasteiger partial charge in [0.15, 0.2) is 0 Å². The maximum absolute atomic E-state index is 11.6. The summed E-state index contributed by atoms with van der Waals surface area (Å²) in [6, 6.07) is 6.02. The van der Waals surface area contributed by atoms with Crippen LogP contribution < -0.4 is 10.6 Å². The van der Waals surface area contributed by atoms with E-state index in [4.69, 9.17) is 10.2 Å².